The third-order valence-corrected chi connectivity index (χ3v) is 5.18. The zero-order valence-corrected chi connectivity index (χ0v) is 14.7. The molecule has 0 radical (unpaired) electrons. The van der Waals surface area contributed by atoms with E-state index in [9.17, 15) is 9.59 Å². The first-order valence-electron chi connectivity index (χ1n) is 8.22. The van der Waals surface area contributed by atoms with E-state index in [1.54, 1.807) is 48.5 Å². The molecule has 0 amide bonds. The maximum absolute atomic E-state index is 13.4. The summed E-state index contributed by atoms with van der Waals surface area (Å²) in [5.41, 5.74) is -0.499. The van der Waals surface area contributed by atoms with Gasteiger partial charge in [0.25, 0.3) is 0 Å². The molecule has 1 aromatic heterocycles. The van der Waals surface area contributed by atoms with Gasteiger partial charge in [-0.1, -0.05) is 60.7 Å². The molecule has 2 aromatic carbocycles. The number of carbonyl (C=O) groups is 2. The average molecular weight is 364 g/mol. The average Bonchev–Trinajstić information content (AvgIpc) is 3.08. The van der Waals surface area contributed by atoms with Crippen LogP contribution in [0.15, 0.2) is 71.4 Å². The lowest BCUT2D eigenvalue weighted by molar-refractivity contribution is 0.0488. The molecule has 0 unspecified atom stereocenters. The third-order valence-electron chi connectivity index (χ3n) is 4.48. The summed E-state index contributed by atoms with van der Waals surface area (Å²) in [5.74, 6) is 0.554. The zero-order chi connectivity index (χ0) is 18.0. The van der Waals surface area contributed by atoms with Crippen LogP contribution in [0.3, 0.4) is 0 Å². The summed E-state index contributed by atoms with van der Waals surface area (Å²) in [5, 5.41) is 3.62. The van der Waals surface area contributed by atoms with E-state index < -0.39 is 5.41 Å². The van der Waals surface area contributed by atoms with Crippen molar-refractivity contribution in [2.75, 3.05) is 13.2 Å². The Kier molecular flexibility index (Phi) is 4.31. The van der Waals surface area contributed by atoms with Crippen molar-refractivity contribution in [2.45, 2.75) is 0 Å². The summed E-state index contributed by atoms with van der Waals surface area (Å²) in [6, 6.07) is 17.6. The number of benzene rings is 2. The number of thiophene rings is 1. The SMILES string of the molecule is O=C(c1ccccc1)C1(C(=O)c2ccccc2)COc2cscc2OC1. The highest BCUT2D eigenvalue weighted by atomic mass is 32.1. The molecule has 4 nitrogen and oxygen atoms in total. The van der Waals surface area contributed by atoms with Gasteiger partial charge in [0.15, 0.2) is 28.5 Å². The highest BCUT2D eigenvalue weighted by molar-refractivity contribution is 7.08. The van der Waals surface area contributed by atoms with Crippen molar-refractivity contribution in [3.8, 4) is 11.5 Å². The summed E-state index contributed by atoms with van der Waals surface area (Å²) in [6.45, 7) is -0.115. The third kappa shape index (κ3) is 2.80. The maximum atomic E-state index is 13.4. The summed E-state index contributed by atoms with van der Waals surface area (Å²) in [4.78, 5) is 26.8. The molecule has 0 saturated heterocycles. The van der Waals surface area contributed by atoms with Crippen LogP contribution >= 0.6 is 11.3 Å². The minimum atomic E-state index is -1.43. The number of hydrogen-bond acceptors (Lipinski definition) is 5. The van der Waals surface area contributed by atoms with Crippen LogP contribution in [0.1, 0.15) is 20.7 Å². The Balaban J connectivity index is 1.78. The van der Waals surface area contributed by atoms with Crippen LogP contribution in [0.2, 0.25) is 0 Å². The van der Waals surface area contributed by atoms with Crippen molar-refractivity contribution < 1.29 is 19.1 Å². The van der Waals surface area contributed by atoms with E-state index in [0.29, 0.717) is 22.6 Å². The molecule has 1 aliphatic rings. The minimum absolute atomic E-state index is 0.0574. The van der Waals surface area contributed by atoms with Crippen LogP contribution in [-0.4, -0.2) is 24.8 Å². The number of fused-ring (bicyclic) bond motifs is 1. The summed E-state index contributed by atoms with van der Waals surface area (Å²) in [6.07, 6.45) is 0. The van der Waals surface area contributed by atoms with Crippen molar-refractivity contribution in [3.63, 3.8) is 0 Å². The Morgan fingerprint density at radius 1 is 0.731 bits per heavy atom. The van der Waals surface area contributed by atoms with Crippen LogP contribution < -0.4 is 9.47 Å². The lowest BCUT2D eigenvalue weighted by atomic mass is 9.75. The molecule has 0 saturated carbocycles. The normalized spacial score (nSPS) is 15.1. The van der Waals surface area contributed by atoms with Crippen LogP contribution in [0.5, 0.6) is 11.5 Å². The zero-order valence-electron chi connectivity index (χ0n) is 13.9. The number of carbonyl (C=O) groups excluding carboxylic acids is 2. The van der Waals surface area contributed by atoms with Crippen LogP contribution in [0.4, 0.5) is 0 Å². The first-order valence-corrected chi connectivity index (χ1v) is 9.16. The molecule has 130 valence electrons. The quantitative estimate of drug-likeness (QED) is 0.512. The summed E-state index contributed by atoms with van der Waals surface area (Å²) in [7, 11) is 0. The smallest absolute Gasteiger partial charge is 0.183 e. The van der Waals surface area contributed by atoms with E-state index in [1.807, 2.05) is 22.9 Å². The molecule has 0 aliphatic carbocycles. The molecule has 3 aromatic rings. The molecular formula is C21H16O4S. The number of Topliss-reactive ketones (excluding diaryl/α,β-unsaturated/α-hetero) is 2. The van der Waals surface area contributed by atoms with Gasteiger partial charge in [0.05, 0.1) is 0 Å². The molecule has 4 rings (SSSR count). The molecule has 0 atom stereocenters. The van der Waals surface area contributed by atoms with Gasteiger partial charge in [-0.15, -0.1) is 11.3 Å². The molecule has 0 bridgehead atoms. The highest BCUT2D eigenvalue weighted by Gasteiger charge is 2.49. The van der Waals surface area contributed by atoms with E-state index in [2.05, 4.69) is 0 Å². The lowest BCUT2D eigenvalue weighted by Gasteiger charge is -2.28. The van der Waals surface area contributed by atoms with E-state index in [1.165, 1.54) is 11.3 Å². The van der Waals surface area contributed by atoms with Gasteiger partial charge < -0.3 is 9.47 Å². The fraction of sp³-hybridized carbons (Fsp3) is 0.143. The molecule has 1 aliphatic heterocycles. The predicted molar refractivity (Wildman–Crippen MR) is 99.3 cm³/mol. The van der Waals surface area contributed by atoms with Gasteiger partial charge in [-0.2, -0.15) is 0 Å². The van der Waals surface area contributed by atoms with Gasteiger partial charge in [0.2, 0.25) is 0 Å². The standard InChI is InChI=1S/C21H16O4S/c22-19(15-7-3-1-4-8-15)21(20(23)16-9-5-2-6-10-16)13-24-17-11-26-12-18(17)25-14-21/h1-12H,13-14H2. The molecular weight excluding hydrogens is 348 g/mol. The van der Waals surface area contributed by atoms with Crippen LogP contribution in [-0.2, 0) is 0 Å². The van der Waals surface area contributed by atoms with E-state index >= 15 is 0 Å². The monoisotopic (exact) mass is 364 g/mol. The second kappa shape index (κ2) is 6.77. The van der Waals surface area contributed by atoms with Crippen molar-refractivity contribution in [2.24, 2.45) is 5.41 Å². The summed E-state index contributed by atoms with van der Waals surface area (Å²) >= 11 is 1.45. The topological polar surface area (TPSA) is 52.6 Å². The van der Waals surface area contributed by atoms with Crippen molar-refractivity contribution in [1.82, 2.24) is 0 Å². The second-order valence-corrected chi connectivity index (χ2v) is 6.89. The van der Waals surface area contributed by atoms with E-state index in [0.717, 1.165) is 0 Å². The van der Waals surface area contributed by atoms with Crippen LogP contribution in [0.25, 0.3) is 0 Å². The molecule has 0 fully saturated rings. The first-order chi connectivity index (χ1) is 12.7. The van der Waals surface area contributed by atoms with Gasteiger partial charge >= 0.3 is 0 Å². The van der Waals surface area contributed by atoms with Gasteiger partial charge in [-0.25, -0.2) is 0 Å². The number of ketones is 2. The Morgan fingerprint density at radius 2 is 1.15 bits per heavy atom. The fourth-order valence-electron chi connectivity index (χ4n) is 3.02. The van der Waals surface area contributed by atoms with Gasteiger partial charge in [-0.3, -0.25) is 9.59 Å². The van der Waals surface area contributed by atoms with Gasteiger partial charge in [-0.05, 0) is 0 Å². The first kappa shape index (κ1) is 16.5. The largest absolute Gasteiger partial charge is 0.487 e. The molecule has 5 heteroatoms. The minimum Gasteiger partial charge on any atom is -0.487 e. The molecule has 0 N–H and O–H groups in total. The Bertz CT molecular complexity index is 855. The van der Waals surface area contributed by atoms with E-state index in [-0.39, 0.29) is 24.8 Å². The summed E-state index contributed by atoms with van der Waals surface area (Å²) < 4.78 is 11.7. The number of ether oxygens (including phenoxy) is 2. The molecule has 2 heterocycles. The fourth-order valence-corrected chi connectivity index (χ4v) is 3.71. The van der Waals surface area contributed by atoms with Gasteiger partial charge in [0.1, 0.15) is 13.2 Å². The van der Waals surface area contributed by atoms with E-state index in [4.69, 9.17) is 9.47 Å². The highest BCUT2D eigenvalue weighted by Crippen LogP contribution is 2.39. The van der Waals surface area contributed by atoms with Crippen molar-refractivity contribution >= 4 is 22.9 Å². The Morgan fingerprint density at radius 3 is 1.58 bits per heavy atom. The lowest BCUT2D eigenvalue weighted by Crippen LogP contribution is -2.48. The van der Waals surface area contributed by atoms with Crippen molar-refractivity contribution in [3.05, 3.63) is 82.6 Å². The second-order valence-electron chi connectivity index (χ2n) is 6.15. The number of hydrogen-bond donors (Lipinski definition) is 0. The van der Waals surface area contributed by atoms with Crippen LogP contribution in [0, 0.1) is 5.41 Å². The molecule has 0 spiro atoms. The Labute approximate surface area is 155 Å². The van der Waals surface area contributed by atoms with Gasteiger partial charge in [0, 0.05) is 21.9 Å². The predicted octanol–water partition coefficient (Wildman–Crippen LogP) is 4.27. The molecule has 26 heavy (non-hydrogen) atoms. The number of rotatable bonds is 4. The maximum Gasteiger partial charge on any atom is 0.183 e. The Hall–Kier alpha value is -2.92. The van der Waals surface area contributed by atoms with Crippen molar-refractivity contribution in [1.29, 1.82) is 0 Å².